The van der Waals surface area contributed by atoms with Crippen LogP contribution in [0.25, 0.3) is 10.1 Å². The second-order valence-electron chi connectivity index (χ2n) is 7.22. The van der Waals surface area contributed by atoms with Crippen LogP contribution in [0.1, 0.15) is 40.6 Å². The van der Waals surface area contributed by atoms with Crippen LogP contribution in [0.3, 0.4) is 0 Å². The molecule has 2 aromatic carbocycles. The van der Waals surface area contributed by atoms with Crippen molar-refractivity contribution in [3.63, 3.8) is 0 Å². The van der Waals surface area contributed by atoms with E-state index in [2.05, 4.69) is 15.8 Å². The van der Waals surface area contributed by atoms with Gasteiger partial charge in [-0.15, -0.1) is 11.3 Å². The van der Waals surface area contributed by atoms with E-state index in [1.807, 2.05) is 56.3 Å². The minimum absolute atomic E-state index is 0.0748. The quantitative estimate of drug-likeness (QED) is 0.426. The molecule has 2 amide bonds. The van der Waals surface area contributed by atoms with Crippen LogP contribution in [-0.4, -0.2) is 17.5 Å². The number of rotatable bonds is 5. The van der Waals surface area contributed by atoms with Crippen molar-refractivity contribution in [3.8, 4) is 0 Å². The van der Waals surface area contributed by atoms with Crippen LogP contribution < -0.4 is 10.7 Å². The van der Waals surface area contributed by atoms with Gasteiger partial charge < -0.3 is 5.32 Å². The van der Waals surface area contributed by atoms with E-state index in [9.17, 15) is 9.59 Å². The van der Waals surface area contributed by atoms with E-state index in [0.717, 1.165) is 39.7 Å². The molecule has 1 saturated carbocycles. The minimum Gasteiger partial charge on any atom is -0.326 e. The van der Waals surface area contributed by atoms with Gasteiger partial charge in [-0.2, -0.15) is 5.10 Å². The first kappa shape index (κ1) is 19.6. The predicted octanol–water partition coefficient (Wildman–Crippen LogP) is 5.37. The average molecular weight is 426 g/mol. The Balaban J connectivity index is 1.44. The number of benzene rings is 2. The summed E-state index contributed by atoms with van der Waals surface area (Å²) in [6.07, 6.45) is 1.94. The maximum Gasteiger partial charge on any atom is 0.283 e. The number of hydrogen-bond donors (Lipinski definition) is 2. The summed E-state index contributed by atoms with van der Waals surface area (Å²) < 4.78 is 0.977. The summed E-state index contributed by atoms with van der Waals surface area (Å²) in [5.41, 5.74) is 5.98. The van der Waals surface area contributed by atoms with Crippen molar-refractivity contribution in [1.82, 2.24) is 5.43 Å². The largest absolute Gasteiger partial charge is 0.326 e. The fourth-order valence-electron chi connectivity index (χ4n) is 2.95. The molecular weight excluding hydrogens is 406 g/mol. The van der Waals surface area contributed by atoms with Crippen molar-refractivity contribution in [1.29, 1.82) is 0 Å². The van der Waals surface area contributed by atoms with Crippen LogP contribution >= 0.6 is 22.9 Å². The number of nitrogens with one attached hydrogen (secondary N) is 2. The van der Waals surface area contributed by atoms with E-state index in [-0.39, 0.29) is 17.7 Å². The first-order valence-electron chi connectivity index (χ1n) is 9.37. The van der Waals surface area contributed by atoms with Crippen molar-refractivity contribution in [2.24, 2.45) is 11.0 Å². The standard InChI is InChI=1S/C22H20ClN3O2S/c1-12-3-10-17-18(11-12)29-20(19(17)23)22(28)26-25-13(2)14-6-8-16(9-7-14)24-21(27)15-4-5-15/h3,6-11,15H,4-5H2,1-2H3,(H,24,27)(H,26,28)/b25-13-. The third kappa shape index (κ3) is 4.33. The first-order chi connectivity index (χ1) is 13.9. The molecule has 29 heavy (non-hydrogen) atoms. The van der Waals surface area contributed by atoms with Gasteiger partial charge in [0.2, 0.25) is 5.91 Å². The van der Waals surface area contributed by atoms with Gasteiger partial charge in [-0.25, -0.2) is 5.43 Å². The van der Waals surface area contributed by atoms with Gasteiger partial charge in [-0.1, -0.05) is 35.9 Å². The summed E-state index contributed by atoms with van der Waals surface area (Å²) in [6, 6.07) is 13.3. The van der Waals surface area contributed by atoms with Crippen LogP contribution in [-0.2, 0) is 4.79 Å². The highest BCUT2D eigenvalue weighted by atomic mass is 35.5. The van der Waals surface area contributed by atoms with Crippen molar-refractivity contribution in [3.05, 3.63) is 63.5 Å². The Morgan fingerprint density at radius 1 is 1.14 bits per heavy atom. The van der Waals surface area contributed by atoms with Gasteiger partial charge in [0, 0.05) is 21.7 Å². The number of aryl methyl sites for hydroxylation is 1. The Kier molecular flexibility index (Phi) is 5.39. The van der Waals surface area contributed by atoms with E-state index in [0.29, 0.717) is 15.6 Å². The number of thiophene rings is 1. The summed E-state index contributed by atoms with van der Waals surface area (Å²) in [4.78, 5) is 24.8. The zero-order valence-electron chi connectivity index (χ0n) is 16.1. The molecule has 0 atom stereocenters. The van der Waals surface area contributed by atoms with Crippen molar-refractivity contribution < 1.29 is 9.59 Å². The number of carbonyl (C=O) groups is 2. The van der Waals surface area contributed by atoms with Gasteiger partial charge >= 0.3 is 0 Å². The molecule has 0 radical (unpaired) electrons. The first-order valence-corrected chi connectivity index (χ1v) is 10.6. The molecule has 0 aliphatic heterocycles. The van der Waals surface area contributed by atoms with E-state index in [4.69, 9.17) is 11.6 Å². The van der Waals surface area contributed by atoms with Gasteiger partial charge in [0.15, 0.2) is 0 Å². The second-order valence-corrected chi connectivity index (χ2v) is 8.65. The highest BCUT2D eigenvalue weighted by Gasteiger charge is 2.29. The number of anilines is 1. The zero-order valence-corrected chi connectivity index (χ0v) is 17.7. The molecule has 5 nitrogen and oxygen atoms in total. The normalized spacial score (nSPS) is 14.1. The molecule has 0 bridgehead atoms. The van der Waals surface area contributed by atoms with Gasteiger partial charge in [0.1, 0.15) is 4.88 Å². The van der Waals surface area contributed by atoms with Crippen LogP contribution in [0, 0.1) is 12.8 Å². The van der Waals surface area contributed by atoms with Crippen molar-refractivity contribution in [2.75, 3.05) is 5.32 Å². The maximum absolute atomic E-state index is 12.6. The molecule has 1 aromatic heterocycles. The maximum atomic E-state index is 12.6. The molecule has 1 aliphatic rings. The van der Waals surface area contributed by atoms with Gasteiger partial charge in [0.05, 0.1) is 10.7 Å². The Bertz CT molecular complexity index is 1130. The number of nitrogens with zero attached hydrogens (tertiary/aromatic N) is 1. The molecule has 148 valence electrons. The lowest BCUT2D eigenvalue weighted by molar-refractivity contribution is -0.117. The summed E-state index contributed by atoms with van der Waals surface area (Å²) in [5.74, 6) is -0.0924. The average Bonchev–Trinajstić information content (AvgIpc) is 3.51. The van der Waals surface area contributed by atoms with Crippen LogP contribution in [0.5, 0.6) is 0 Å². The number of fused-ring (bicyclic) bond motifs is 1. The molecule has 7 heteroatoms. The number of amides is 2. The lowest BCUT2D eigenvalue weighted by Gasteiger charge is -2.06. The number of carbonyl (C=O) groups excluding carboxylic acids is 2. The van der Waals surface area contributed by atoms with E-state index in [1.54, 1.807) is 0 Å². The molecule has 2 N–H and O–H groups in total. The van der Waals surface area contributed by atoms with Crippen molar-refractivity contribution >= 4 is 56.2 Å². The van der Waals surface area contributed by atoms with Gasteiger partial charge in [-0.3, -0.25) is 9.59 Å². The summed E-state index contributed by atoms with van der Waals surface area (Å²) in [6.45, 7) is 3.82. The molecule has 0 unspecified atom stereocenters. The number of hydrogen-bond acceptors (Lipinski definition) is 4. The van der Waals surface area contributed by atoms with Crippen LogP contribution in [0.15, 0.2) is 47.6 Å². The van der Waals surface area contributed by atoms with Crippen LogP contribution in [0.2, 0.25) is 5.02 Å². The number of hydrazone groups is 1. The van der Waals surface area contributed by atoms with E-state index < -0.39 is 0 Å². The fourth-order valence-corrected chi connectivity index (χ4v) is 4.46. The Morgan fingerprint density at radius 2 is 1.86 bits per heavy atom. The molecule has 3 aromatic rings. The molecule has 1 aliphatic carbocycles. The molecule has 0 saturated heterocycles. The van der Waals surface area contributed by atoms with Gasteiger partial charge in [-0.05, 0) is 56.0 Å². The Labute approximate surface area is 177 Å². The summed E-state index contributed by atoms with van der Waals surface area (Å²) in [5, 5.41) is 8.43. The zero-order chi connectivity index (χ0) is 20.5. The molecule has 1 fully saturated rings. The molecule has 0 spiro atoms. The Hall–Kier alpha value is -2.70. The predicted molar refractivity (Wildman–Crippen MR) is 119 cm³/mol. The third-order valence-corrected chi connectivity index (χ3v) is 6.49. The highest BCUT2D eigenvalue weighted by Crippen LogP contribution is 2.35. The fraction of sp³-hybridized carbons (Fsp3) is 0.227. The smallest absolute Gasteiger partial charge is 0.283 e. The van der Waals surface area contributed by atoms with Crippen molar-refractivity contribution in [2.45, 2.75) is 26.7 Å². The molecule has 1 heterocycles. The van der Waals surface area contributed by atoms with Gasteiger partial charge in [0.25, 0.3) is 5.91 Å². The monoisotopic (exact) mass is 425 g/mol. The lowest BCUT2D eigenvalue weighted by Crippen LogP contribution is -2.18. The topological polar surface area (TPSA) is 70.6 Å². The van der Waals surface area contributed by atoms with E-state index >= 15 is 0 Å². The summed E-state index contributed by atoms with van der Waals surface area (Å²) in [7, 11) is 0. The highest BCUT2D eigenvalue weighted by molar-refractivity contribution is 7.21. The summed E-state index contributed by atoms with van der Waals surface area (Å²) >= 11 is 7.74. The van der Waals surface area contributed by atoms with Crippen LogP contribution in [0.4, 0.5) is 5.69 Å². The molecule has 4 rings (SSSR count). The minimum atomic E-state index is -0.332. The number of halogens is 1. The van der Waals surface area contributed by atoms with E-state index in [1.165, 1.54) is 11.3 Å². The second kappa shape index (κ2) is 7.97. The molecular formula is C22H20ClN3O2S. The SMILES string of the molecule is C/C(=N/NC(=O)c1sc2cc(C)ccc2c1Cl)c1ccc(NC(=O)C2CC2)cc1. The third-order valence-electron chi connectivity index (χ3n) is 4.83. The lowest BCUT2D eigenvalue weighted by atomic mass is 10.1. The Morgan fingerprint density at radius 3 is 2.55 bits per heavy atom.